The Hall–Kier alpha value is -0.260. The van der Waals surface area contributed by atoms with Gasteiger partial charge in [0, 0.05) is 5.54 Å². The Kier molecular flexibility index (Phi) is 6.15. The minimum atomic E-state index is -2.44. The number of aliphatic hydroxyl groups excluding tert-OH is 1. The Morgan fingerprint density at radius 3 is 2.43 bits per heavy atom. The summed E-state index contributed by atoms with van der Waals surface area (Å²) in [6.45, 7) is 2.93. The first-order valence-corrected chi connectivity index (χ1v) is 4.63. The molecule has 0 aromatic heterocycles. The van der Waals surface area contributed by atoms with Crippen LogP contribution in [0, 0.1) is 0 Å². The largest absolute Gasteiger partial charge is 0.394 e. The van der Waals surface area contributed by atoms with Crippen molar-refractivity contribution in [1.29, 1.82) is 0 Å². The van der Waals surface area contributed by atoms with Crippen LogP contribution in [0.15, 0.2) is 0 Å². The van der Waals surface area contributed by atoms with E-state index in [2.05, 4.69) is 5.32 Å². The lowest BCUT2D eigenvalue weighted by atomic mass is 9.96. The van der Waals surface area contributed by atoms with Gasteiger partial charge in [0.15, 0.2) is 0 Å². The molecule has 0 aromatic rings. The van der Waals surface area contributed by atoms with Gasteiger partial charge in [0.05, 0.1) is 12.7 Å². The number of hydrogen-bond donors (Lipinski definition) is 2. The molecule has 0 saturated heterocycles. The molecule has 86 valence electrons. The highest BCUT2D eigenvalue weighted by Gasteiger charge is 2.24. The predicted molar refractivity (Wildman–Crippen MR) is 50.6 cm³/mol. The third-order valence-electron chi connectivity index (χ3n) is 2.20. The third-order valence-corrected chi connectivity index (χ3v) is 2.20. The number of ether oxygens (including phenoxy) is 1. The molecule has 5 heteroatoms. The summed E-state index contributed by atoms with van der Waals surface area (Å²) in [6.07, 6.45) is -2.24. The summed E-state index contributed by atoms with van der Waals surface area (Å²) in [5, 5.41) is 12.0. The van der Waals surface area contributed by atoms with Crippen molar-refractivity contribution in [2.75, 3.05) is 20.3 Å². The maximum absolute atomic E-state index is 11.8. The SMILES string of the molecule is CNC(C)(CO)CC(C)OCC(F)F. The number of halogens is 2. The Labute approximate surface area is 83.4 Å². The van der Waals surface area contributed by atoms with Gasteiger partial charge in [0.1, 0.15) is 6.61 Å². The van der Waals surface area contributed by atoms with Gasteiger partial charge >= 0.3 is 0 Å². The van der Waals surface area contributed by atoms with E-state index in [1.807, 2.05) is 6.92 Å². The van der Waals surface area contributed by atoms with Crippen LogP contribution >= 0.6 is 0 Å². The molecular formula is C9H19F2NO2. The first-order valence-electron chi connectivity index (χ1n) is 4.63. The summed E-state index contributed by atoms with van der Waals surface area (Å²) in [5.74, 6) is 0. The summed E-state index contributed by atoms with van der Waals surface area (Å²) in [4.78, 5) is 0. The molecule has 0 aromatic carbocycles. The first-order chi connectivity index (χ1) is 6.43. The number of likely N-dealkylation sites (N-methyl/N-ethyl adjacent to an activating group) is 1. The van der Waals surface area contributed by atoms with E-state index in [1.54, 1.807) is 14.0 Å². The van der Waals surface area contributed by atoms with Crippen molar-refractivity contribution in [3.8, 4) is 0 Å². The van der Waals surface area contributed by atoms with Crippen molar-refractivity contribution in [2.24, 2.45) is 0 Å². The topological polar surface area (TPSA) is 41.5 Å². The Morgan fingerprint density at radius 1 is 1.50 bits per heavy atom. The van der Waals surface area contributed by atoms with Gasteiger partial charge in [-0.05, 0) is 27.3 Å². The maximum atomic E-state index is 11.8. The summed E-state index contributed by atoms with van der Waals surface area (Å²) >= 11 is 0. The zero-order valence-corrected chi connectivity index (χ0v) is 8.89. The average molecular weight is 211 g/mol. The zero-order chi connectivity index (χ0) is 11.2. The van der Waals surface area contributed by atoms with Crippen LogP contribution < -0.4 is 5.32 Å². The molecule has 0 aliphatic heterocycles. The maximum Gasteiger partial charge on any atom is 0.261 e. The van der Waals surface area contributed by atoms with Crippen molar-refractivity contribution in [2.45, 2.75) is 38.3 Å². The molecule has 14 heavy (non-hydrogen) atoms. The summed E-state index contributed by atoms with van der Waals surface area (Å²) in [5.41, 5.74) is -0.471. The molecule has 0 spiro atoms. The lowest BCUT2D eigenvalue weighted by Crippen LogP contribution is -2.46. The Morgan fingerprint density at radius 2 is 2.07 bits per heavy atom. The average Bonchev–Trinajstić information content (AvgIpc) is 2.14. The van der Waals surface area contributed by atoms with Crippen LogP contribution in [0.25, 0.3) is 0 Å². The fraction of sp³-hybridized carbons (Fsp3) is 1.00. The molecular weight excluding hydrogens is 192 g/mol. The second-order valence-electron chi connectivity index (χ2n) is 3.71. The van der Waals surface area contributed by atoms with Crippen LogP contribution in [-0.2, 0) is 4.74 Å². The molecule has 2 atom stereocenters. The molecule has 0 saturated carbocycles. The fourth-order valence-corrected chi connectivity index (χ4v) is 1.18. The molecule has 0 aliphatic rings. The highest BCUT2D eigenvalue weighted by atomic mass is 19.3. The molecule has 2 N–H and O–H groups in total. The Bertz CT molecular complexity index is 152. The van der Waals surface area contributed by atoms with Crippen molar-refractivity contribution >= 4 is 0 Å². The van der Waals surface area contributed by atoms with E-state index in [0.29, 0.717) is 6.42 Å². The van der Waals surface area contributed by atoms with E-state index in [0.717, 1.165) is 0 Å². The van der Waals surface area contributed by atoms with E-state index in [9.17, 15) is 8.78 Å². The number of hydrogen-bond acceptors (Lipinski definition) is 3. The van der Waals surface area contributed by atoms with Gasteiger partial charge in [0.25, 0.3) is 6.43 Å². The molecule has 2 unspecified atom stereocenters. The summed E-state index contributed by atoms with van der Waals surface area (Å²) in [6, 6.07) is 0. The fourth-order valence-electron chi connectivity index (χ4n) is 1.18. The number of rotatable bonds is 7. The van der Waals surface area contributed by atoms with Crippen LogP contribution in [0.4, 0.5) is 8.78 Å². The number of aliphatic hydroxyl groups is 1. The van der Waals surface area contributed by atoms with Gasteiger partial charge in [-0.15, -0.1) is 0 Å². The smallest absolute Gasteiger partial charge is 0.261 e. The van der Waals surface area contributed by atoms with Gasteiger partial charge in [-0.25, -0.2) is 8.78 Å². The summed E-state index contributed by atoms with van der Waals surface area (Å²) in [7, 11) is 1.72. The molecule has 0 fully saturated rings. The normalized spacial score (nSPS) is 18.2. The lowest BCUT2D eigenvalue weighted by molar-refractivity contribution is -0.0317. The monoisotopic (exact) mass is 211 g/mol. The van der Waals surface area contributed by atoms with Crippen LogP contribution in [0.3, 0.4) is 0 Å². The predicted octanol–water partition coefficient (Wildman–Crippen LogP) is 1.02. The molecule has 0 radical (unpaired) electrons. The van der Waals surface area contributed by atoms with Gasteiger partial charge in [-0.2, -0.15) is 0 Å². The highest BCUT2D eigenvalue weighted by molar-refractivity contribution is 4.82. The molecule has 0 heterocycles. The standard InChI is InChI=1S/C9H19F2NO2/c1-7(14-5-8(10)11)4-9(2,6-13)12-3/h7-8,12-13H,4-6H2,1-3H3. The summed E-state index contributed by atoms with van der Waals surface area (Å²) < 4.78 is 28.5. The van der Waals surface area contributed by atoms with E-state index >= 15 is 0 Å². The minimum absolute atomic E-state index is 0.0497. The van der Waals surface area contributed by atoms with Gasteiger partial charge < -0.3 is 15.2 Å². The van der Waals surface area contributed by atoms with E-state index in [-0.39, 0.29) is 12.7 Å². The van der Waals surface area contributed by atoms with Crippen molar-refractivity contribution in [3.63, 3.8) is 0 Å². The highest BCUT2D eigenvalue weighted by Crippen LogP contribution is 2.13. The second kappa shape index (κ2) is 6.27. The van der Waals surface area contributed by atoms with Crippen molar-refractivity contribution in [1.82, 2.24) is 5.32 Å². The van der Waals surface area contributed by atoms with Crippen molar-refractivity contribution < 1.29 is 18.6 Å². The van der Waals surface area contributed by atoms with Crippen LogP contribution in [0.1, 0.15) is 20.3 Å². The minimum Gasteiger partial charge on any atom is -0.394 e. The first kappa shape index (κ1) is 13.7. The molecule has 0 rings (SSSR count). The van der Waals surface area contributed by atoms with Crippen molar-refractivity contribution in [3.05, 3.63) is 0 Å². The van der Waals surface area contributed by atoms with Crippen LogP contribution in [0.2, 0.25) is 0 Å². The van der Waals surface area contributed by atoms with Gasteiger partial charge in [-0.3, -0.25) is 0 Å². The van der Waals surface area contributed by atoms with Crippen LogP contribution in [0.5, 0.6) is 0 Å². The molecule has 0 bridgehead atoms. The van der Waals surface area contributed by atoms with Gasteiger partial charge in [-0.1, -0.05) is 0 Å². The number of alkyl halides is 2. The van der Waals surface area contributed by atoms with E-state index < -0.39 is 18.6 Å². The third kappa shape index (κ3) is 5.47. The Balaban J connectivity index is 3.85. The van der Waals surface area contributed by atoms with Crippen LogP contribution in [-0.4, -0.2) is 43.4 Å². The van der Waals surface area contributed by atoms with Gasteiger partial charge in [0.2, 0.25) is 0 Å². The lowest BCUT2D eigenvalue weighted by Gasteiger charge is -2.29. The number of nitrogens with one attached hydrogen (secondary N) is 1. The molecule has 0 aliphatic carbocycles. The zero-order valence-electron chi connectivity index (χ0n) is 8.89. The molecule has 3 nitrogen and oxygen atoms in total. The van der Waals surface area contributed by atoms with E-state index in [4.69, 9.17) is 9.84 Å². The second-order valence-corrected chi connectivity index (χ2v) is 3.71. The van der Waals surface area contributed by atoms with E-state index in [1.165, 1.54) is 0 Å². The quantitative estimate of drug-likeness (QED) is 0.660. The molecule has 0 amide bonds.